The van der Waals surface area contributed by atoms with Crippen LogP contribution in [0.1, 0.15) is 11.1 Å². The average Bonchev–Trinajstić information content (AvgIpc) is 2.91. The van der Waals surface area contributed by atoms with Gasteiger partial charge in [0.2, 0.25) is 0 Å². The van der Waals surface area contributed by atoms with Gasteiger partial charge in [0.15, 0.2) is 0 Å². The zero-order valence-electron chi connectivity index (χ0n) is 12.0. The fraction of sp³-hybridized carbons (Fsp3) is 0.125. The third-order valence-corrected chi connectivity index (χ3v) is 7.31. The lowest BCUT2D eigenvalue weighted by Gasteiger charge is -2.10. The van der Waals surface area contributed by atoms with Crippen LogP contribution in [0.5, 0.6) is 0 Å². The van der Waals surface area contributed by atoms with E-state index in [-0.39, 0.29) is 4.90 Å². The van der Waals surface area contributed by atoms with E-state index in [9.17, 15) is 8.42 Å². The molecule has 0 aliphatic rings. The predicted octanol–water partition coefficient (Wildman–Crippen LogP) is 4.86. The molecule has 3 nitrogen and oxygen atoms in total. The zero-order valence-corrected chi connectivity index (χ0v) is 16.5. The Hall–Kier alpha value is -0.860. The lowest BCUT2D eigenvalue weighted by molar-refractivity contribution is 0.589. The van der Waals surface area contributed by atoms with Crippen molar-refractivity contribution in [3.8, 4) is 0 Å². The van der Waals surface area contributed by atoms with Crippen LogP contribution in [0.15, 0.2) is 52.0 Å². The fourth-order valence-electron chi connectivity index (χ4n) is 2.38. The smallest absolute Gasteiger partial charge is 0.240 e. The molecule has 0 N–H and O–H groups in total. The molecule has 114 valence electrons. The molecule has 0 fully saturated rings. The van der Waals surface area contributed by atoms with Crippen LogP contribution in [0, 0.1) is 17.4 Å². The summed E-state index contributed by atoms with van der Waals surface area (Å²) in [5.41, 5.74) is 2.82. The molecule has 0 amide bonds. The van der Waals surface area contributed by atoms with Crippen LogP contribution in [0.2, 0.25) is 0 Å². The Morgan fingerprint density at radius 1 is 1.09 bits per heavy atom. The average molecular weight is 490 g/mol. The number of aryl methyl sites for hydroxylation is 2. The van der Waals surface area contributed by atoms with Gasteiger partial charge < -0.3 is 0 Å². The number of benzene rings is 2. The lowest BCUT2D eigenvalue weighted by Crippen LogP contribution is -2.12. The number of aromatic nitrogens is 1. The fourth-order valence-corrected chi connectivity index (χ4v) is 5.21. The first-order valence-corrected chi connectivity index (χ1v) is 9.91. The summed E-state index contributed by atoms with van der Waals surface area (Å²) in [5.74, 6) is 0. The van der Waals surface area contributed by atoms with Crippen molar-refractivity contribution in [1.82, 2.24) is 3.97 Å². The number of hydrogen-bond donors (Lipinski definition) is 0. The third-order valence-electron chi connectivity index (χ3n) is 3.58. The molecular formula is C16H13BrINO2S. The molecule has 3 rings (SSSR count). The van der Waals surface area contributed by atoms with Crippen LogP contribution in [-0.2, 0) is 10.0 Å². The second-order valence-corrected chi connectivity index (χ2v) is 8.93. The van der Waals surface area contributed by atoms with Gasteiger partial charge in [0.25, 0.3) is 10.0 Å². The summed E-state index contributed by atoms with van der Waals surface area (Å²) in [4.78, 5) is 0.290. The van der Waals surface area contributed by atoms with Crippen LogP contribution in [0.25, 0.3) is 10.9 Å². The van der Waals surface area contributed by atoms with Crippen LogP contribution >= 0.6 is 38.5 Å². The first kappa shape index (κ1) is 16.0. The molecule has 0 saturated heterocycles. The number of rotatable bonds is 2. The molecule has 0 unspecified atom stereocenters. The minimum absolute atomic E-state index is 0.290. The van der Waals surface area contributed by atoms with Crippen molar-refractivity contribution in [3.05, 3.63) is 61.8 Å². The summed E-state index contributed by atoms with van der Waals surface area (Å²) in [6.07, 6.45) is 1.62. The van der Waals surface area contributed by atoms with E-state index in [1.165, 1.54) is 3.97 Å². The molecule has 6 heteroatoms. The van der Waals surface area contributed by atoms with E-state index in [1.807, 2.05) is 38.1 Å². The molecule has 1 aromatic heterocycles. The molecule has 0 aliphatic carbocycles. The monoisotopic (exact) mass is 489 g/mol. The van der Waals surface area contributed by atoms with Gasteiger partial charge in [-0.15, -0.1) is 0 Å². The molecule has 0 atom stereocenters. The molecule has 0 radical (unpaired) electrons. The summed E-state index contributed by atoms with van der Waals surface area (Å²) in [5, 5.41) is 0.933. The lowest BCUT2D eigenvalue weighted by atomic mass is 10.2. The van der Waals surface area contributed by atoms with Crippen molar-refractivity contribution in [1.29, 1.82) is 0 Å². The largest absolute Gasteiger partial charge is 0.268 e. The van der Waals surface area contributed by atoms with Gasteiger partial charge in [-0.25, -0.2) is 12.4 Å². The number of halogens is 2. The quantitative estimate of drug-likeness (QED) is 0.482. The second-order valence-electron chi connectivity index (χ2n) is 5.18. The molecule has 2 aromatic carbocycles. The summed E-state index contributed by atoms with van der Waals surface area (Å²) < 4.78 is 29.0. The molecule has 22 heavy (non-hydrogen) atoms. The Bertz CT molecular complexity index is 976. The number of hydrogen-bond acceptors (Lipinski definition) is 2. The van der Waals surface area contributed by atoms with Gasteiger partial charge in [-0.05, 0) is 82.2 Å². The molecule has 3 aromatic rings. The maximum Gasteiger partial charge on any atom is 0.268 e. The highest BCUT2D eigenvalue weighted by Gasteiger charge is 2.21. The van der Waals surface area contributed by atoms with Crippen LogP contribution in [-0.4, -0.2) is 12.4 Å². The van der Waals surface area contributed by atoms with Gasteiger partial charge in [0.1, 0.15) is 0 Å². The van der Waals surface area contributed by atoms with Crippen molar-refractivity contribution >= 4 is 59.4 Å². The van der Waals surface area contributed by atoms with Crippen molar-refractivity contribution in [2.45, 2.75) is 18.7 Å². The van der Waals surface area contributed by atoms with Crippen molar-refractivity contribution < 1.29 is 8.42 Å². The Labute approximate surface area is 151 Å². The highest BCUT2D eigenvalue weighted by atomic mass is 127. The maximum absolute atomic E-state index is 12.9. The van der Waals surface area contributed by atoms with E-state index in [0.29, 0.717) is 5.52 Å². The van der Waals surface area contributed by atoms with Gasteiger partial charge in [-0.2, -0.15) is 0 Å². The van der Waals surface area contributed by atoms with E-state index in [0.717, 1.165) is 24.6 Å². The SMILES string of the molecule is Cc1ccc(S(=O)(=O)n2ccc3c(I)c(C)cc(Br)c32)cc1. The van der Waals surface area contributed by atoms with E-state index in [2.05, 4.69) is 38.5 Å². The minimum atomic E-state index is -3.61. The minimum Gasteiger partial charge on any atom is -0.240 e. The summed E-state index contributed by atoms with van der Waals surface area (Å²) in [6.45, 7) is 3.95. The van der Waals surface area contributed by atoms with Crippen molar-refractivity contribution in [2.24, 2.45) is 0 Å². The Balaban J connectivity index is 2.31. The summed E-state index contributed by atoms with van der Waals surface area (Å²) >= 11 is 5.75. The zero-order chi connectivity index (χ0) is 16.1. The molecular weight excluding hydrogens is 477 g/mol. The summed E-state index contributed by atoms with van der Waals surface area (Å²) in [7, 11) is -3.61. The molecule has 1 heterocycles. The molecule has 0 spiro atoms. The Morgan fingerprint density at radius 3 is 2.36 bits per heavy atom. The molecule has 0 saturated carbocycles. The van der Waals surface area contributed by atoms with Gasteiger partial charge in [0, 0.05) is 19.6 Å². The van der Waals surface area contributed by atoms with E-state index in [1.54, 1.807) is 18.3 Å². The second kappa shape index (κ2) is 5.65. The highest BCUT2D eigenvalue weighted by Crippen LogP contribution is 2.33. The summed E-state index contributed by atoms with van der Waals surface area (Å²) in [6, 6.07) is 10.7. The van der Waals surface area contributed by atoms with Crippen molar-refractivity contribution in [2.75, 3.05) is 0 Å². The van der Waals surface area contributed by atoms with Gasteiger partial charge >= 0.3 is 0 Å². The molecule has 0 aliphatic heterocycles. The number of nitrogens with zero attached hydrogens (tertiary/aromatic N) is 1. The predicted molar refractivity (Wildman–Crippen MR) is 101 cm³/mol. The Kier molecular flexibility index (Phi) is 4.11. The third kappa shape index (κ3) is 2.51. The number of fused-ring (bicyclic) bond motifs is 1. The van der Waals surface area contributed by atoms with Crippen LogP contribution in [0.3, 0.4) is 0 Å². The van der Waals surface area contributed by atoms with E-state index in [4.69, 9.17) is 0 Å². The van der Waals surface area contributed by atoms with Crippen LogP contribution in [0.4, 0.5) is 0 Å². The van der Waals surface area contributed by atoms with Gasteiger partial charge in [0.05, 0.1) is 10.4 Å². The van der Waals surface area contributed by atoms with Gasteiger partial charge in [-0.3, -0.25) is 0 Å². The van der Waals surface area contributed by atoms with E-state index < -0.39 is 10.0 Å². The van der Waals surface area contributed by atoms with Crippen molar-refractivity contribution in [3.63, 3.8) is 0 Å². The maximum atomic E-state index is 12.9. The van der Waals surface area contributed by atoms with Gasteiger partial charge in [-0.1, -0.05) is 17.7 Å². The Morgan fingerprint density at radius 2 is 1.73 bits per heavy atom. The van der Waals surface area contributed by atoms with E-state index >= 15 is 0 Å². The van der Waals surface area contributed by atoms with Crippen LogP contribution < -0.4 is 0 Å². The normalized spacial score (nSPS) is 12.0. The first-order valence-electron chi connectivity index (χ1n) is 6.60. The molecule has 0 bridgehead atoms. The first-order chi connectivity index (χ1) is 10.3. The standard InChI is InChI=1S/C16H13BrINO2S/c1-10-3-5-12(6-4-10)22(20,21)19-8-7-13-15(18)11(2)9-14(17)16(13)19/h3-9H,1-2H3. The highest BCUT2D eigenvalue weighted by molar-refractivity contribution is 14.1. The topological polar surface area (TPSA) is 39.1 Å².